The number of hydrogen-bond donors (Lipinski definition) is 4. The molecule has 0 aliphatic carbocycles. The second-order valence-electron chi connectivity index (χ2n) is 35.3. The van der Waals surface area contributed by atoms with E-state index < -0.39 is 40.1 Å². The summed E-state index contributed by atoms with van der Waals surface area (Å²) in [6, 6.07) is 30.6. The van der Waals surface area contributed by atoms with Gasteiger partial charge in [0.2, 0.25) is 5.75 Å². The van der Waals surface area contributed by atoms with Crippen molar-refractivity contribution in [2.24, 2.45) is 11.8 Å². The molecular formula is C108H156N6O18. The van der Waals surface area contributed by atoms with Crippen molar-refractivity contribution >= 4 is 69.3 Å². The van der Waals surface area contributed by atoms with E-state index in [4.69, 9.17) is 52.1 Å². The first-order chi connectivity index (χ1) is 64.3. The van der Waals surface area contributed by atoms with Crippen molar-refractivity contribution in [2.75, 3.05) is 101 Å². The molecule has 24 nitrogen and oxygen atoms in total. The number of amides is 5. The first-order valence-corrected chi connectivity index (χ1v) is 49.5. The van der Waals surface area contributed by atoms with Crippen LogP contribution in [-0.2, 0) is 0 Å². The summed E-state index contributed by atoms with van der Waals surface area (Å²) in [5.41, 5.74) is 0.349. The zero-order valence-electron chi connectivity index (χ0n) is 81.9. The van der Waals surface area contributed by atoms with Crippen molar-refractivity contribution in [3.05, 3.63) is 153 Å². The monoisotopic (exact) mass is 1830 g/mol. The van der Waals surface area contributed by atoms with Crippen molar-refractivity contribution in [1.29, 1.82) is 0 Å². The van der Waals surface area contributed by atoms with E-state index in [2.05, 4.69) is 49.0 Å². The number of hydrogen-bond acceptors (Lipinski definition) is 18. The van der Waals surface area contributed by atoms with Crippen LogP contribution in [0.3, 0.4) is 0 Å². The minimum atomic E-state index is -0.808. The van der Waals surface area contributed by atoms with Crippen molar-refractivity contribution in [3.8, 4) is 63.2 Å². The number of rotatable bonds is 71. The van der Waals surface area contributed by atoms with Gasteiger partial charge in [-0.1, -0.05) is 317 Å². The standard InChI is InChI=1S/C108H156N6O18/c1-14-18-22-26-30-34-38-42-46-55-63-127-99-72-94(123-10)82(104(115)109-87-61-53-54-62-93(87)122-9)67-88(99)110-105(116)83-68-89(100(73-95(83)124-11)128-64-56-47-43-39-35-31-27-23-19-15-2)111-106(117)84-70-91(102(75-96(84)125-12)130-66-58-49-45-41-37-33-29-25-21-17-4)113(81-59-51-50-52-60-81)108(119)86-69-90(101(74-97(86)126-13)129-65-57-48-44-40-36-32-28-24-20-16-3)112-107(118)85-71-92(114(120)121)103(132-78-80(7)8)76-98(85)131-77-79(5)6/h50-54,59-62,67-76,79-80H,14-49,55-58,63-66,77-78H2,1-13H3,(H,109,115)(H,110,116)(H,111,117)(H,112,118). The van der Waals surface area contributed by atoms with Crippen LogP contribution in [0, 0.1) is 22.0 Å². The summed E-state index contributed by atoms with van der Waals surface area (Å²) < 4.78 is 69.0. The lowest BCUT2D eigenvalue weighted by Gasteiger charge is -2.28. The van der Waals surface area contributed by atoms with Gasteiger partial charge >= 0.3 is 5.69 Å². The molecule has 0 saturated heterocycles. The summed E-state index contributed by atoms with van der Waals surface area (Å²) in [6.45, 7) is 17.9. The van der Waals surface area contributed by atoms with E-state index >= 15 is 19.2 Å². The average Bonchev–Trinajstić information content (AvgIpc) is 0.764. The maximum Gasteiger partial charge on any atom is 0.312 e. The fraction of sp³-hybridized carbons (Fsp3) is 0.565. The lowest BCUT2D eigenvalue weighted by atomic mass is 10.1. The zero-order valence-corrected chi connectivity index (χ0v) is 81.9. The molecule has 7 aromatic carbocycles. The summed E-state index contributed by atoms with van der Waals surface area (Å²) in [6.07, 6.45) is 43.6. The molecule has 7 aromatic rings. The molecule has 0 radical (unpaired) electrons. The number of carbonyl (C=O) groups excluding carboxylic acids is 5. The average molecular weight is 1830 g/mol. The summed E-state index contributed by atoms with van der Waals surface area (Å²) in [5.74, 6) is -1.98. The Kier molecular flexibility index (Phi) is 51.2. The van der Waals surface area contributed by atoms with Crippen LogP contribution >= 0.6 is 0 Å². The number of para-hydroxylation sites is 3. The normalized spacial score (nSPS) is 11.1. The van der Waals surface area contributed by atoms with E-state index in [0.29, 0.717) is 43.0 Å². The Morgan fingerprint density at radius 3 is 0.924 bits per heavy atom. The number of nitrogens with one attached hydrogen (secondary N) is 4. The van der Waals surface area contributed by atoms with Crippen LogP contribution in [0.15, 0.2) is 115 Å². The number of unbranched alkanes of at least 4 members (excludes halogenated alkanes) is 36. The molecule has 0 spiro atoms. The van der Waals surface area contributed by atoms with Crippen molar-refractivity contribution in [1.82, 2.24) is 0 Å². The van der Waals surface area contributed by atoms with Gasteiger partial charge in [0.05, 0.1) is 136 Å². The van der Waals surface area contributed by atoms with Gasteiger partial charge in [0, 0.05) is 42.1 Å². The molecule has 0 aromatic heterocycles. The predicted octanol–water partition coefficient (Wildman–Crippen LogP) is 28.9. The first-order valence-electron chi connectivity index (χ1n) is 49.5. The van der Waals surface area contributed by atoms with Gasteiger partial charge in [0.25, 0.3) is 29.5 Å². The molecule has 0 aliphatic heterocycles. The van der Waals surface area contributed by atoms with Gasteiger partial charge in [-0.25, -0.2) is 0 Å². The third-order valence-corrected chi connectivity index (χ3v) is 23.4. The number of anilines is 6. The Morgan fingerprint density at radius 1 is 0.295 bits per heavy atom. The predicted molar refractivity (Wildman–Crippen MR) is 533 cm³/mol. The molecule has 5 amide bonds. The van der Waals surface area contributed by atoms with Gasteiger partial charge in [-0.3, -0.25) is 39.0 Å². The van der Waals surface area contributed by atoms with E-state index in [0.717, 1.165) is 109 Å². The number of carbonyl (C=O) groups is 5. The van der Waals surface area contributed by atoms with Crippen LogP contribution < -0.4 is 78.3 Å². The van der Waals surface area contributed by atoms with Gasteiger partial charge < -0.3 is 73.4 Å². The Labute approximate surface area is 788 Å². The molecule has 132 heavy (non-hydrogen) atoms. The molecule has 0 heterocycles. The highest BCUT2D eigenvalue weighted by Crippen LogP contribution is 2.46. The van der Waals surface area contributed by atoms with E-state index in [1.54, 1.807) is 72.8 Å². The highest BCUT2D eigenvalue weighted by atomic mass is 16.6. The third kappa shape index (κ3) is 36.9. The third-order valence-electron chi connectivity index (χ3n) is 23.4. The molecule has 0 saturated carbocycles. The van der Waals surface area contributed by atoms with Crippen molar-refractivity contribution in [2.45, 2.75) is 312 Å². The highest BCUT2D eigenvalue weighted by molar-refractivity contribution is 6.17. The molecule has 726 valence electrons. The van der Waals surface area contributed by atoms with E-state index in [-0.39, 0.29) is 153 Å². The second-order valence-corrected chi connectivity index (χ2v) is 35.3. The van der Waals surface area contributed by atoms with E-state index in [1.165, 1.54) is 206 Å². The minimum absolute atomic E-state index is 0.0111. The molecule has 0 bridgehead atoms. The number of nitrogens with zero attached hydrogens (tertiary/aromatic N) is 2. The van der Waals surface area contributed by atoms with Gasteiger partial charge in [-0.05, 0) is 86.1 Å². The number of nitro groups is 1. The van der Waals surface area contributed by atoms with Crippen molar-refractivity contribution in [3.63, 3.8) is 0 Å². The largest absolute Gasteiger partial charge is 0.496 e. The quantitative estimate of drug-likeness (QED) is 0.0157. The summed E-state index contributed by atoms with van der Waals surface area (Å²) in [4.78, 5) is 92.0. The molecule has 0 fully saturated rings. The fourth-order valence-corrected chi connectivity index (χ4v) is 15.8. The van der Waals surface area contributed by atoms with Crippen LogP contribution in [0.2, 0.25) is 0 Å². The summed E-state index contributed by atoms with van der Waals surface area (Å²) in [7, 11) is 7.27. The molecule has 0 atom stereocenters. The molecule has 4 N–H and O–H groups in total. The first kappa shape index (κ1) is 108. The SMILES string of the molecule is CCCCCCCCCCCCOc1cc(OC)c(C(=O)Nc2ccccc2OC)cc1NC(=O)c1cc(NC(=O)c2cc(N(C(=O)c3cc(NC(=O)c4cc([N+](=O)[O-])c(OCC(C)C)cc4OCC(C)C)c(OCCCCCCCCCCCC)cc3OC)c3ccccc3)c(OCCCCCCCCCCCC)cc2OC)c(OCCCCCCCCCCCC)cc1OC. The minimum Gasteiger partial charge on any atom is -0.496 e. The van der Waals surface area contributed by atoms with E-state index in [1.807, 2.05) is 33.8 Å². The number of methoxy groups -OCH3 is 5. The Hall–Kier alpha value is -10.9. The zero-order chi connectivity index (χ0) is 95.0. The van der Waals surface area contributed by atoms with Crippen LogP contribution in [-0.4, -0.2) is 110 Å². The maximum absolute atomic E-state index is 16.7. The molecule has 7 rings (SSSR count). The molecular weight excluding hydrogens is 1670 g/mol. The summed E-state index contributed by atoms with van der Waals surface area (Å²) >= 11 is 0. The fourth-order valence-electron chi connectivity index (χ4n) is 15.8. The van der Waals surface area contributed by atoms with Crippen LogP contribution in [0.4, 0.5) is 39.8 Å². The lowest BCUT2D eigenvalue weighted by Crippen LogP contribution is -2.28. The smallest absolute Gasteiger partial charge is 0.312 e. The molecule has 24 heteroatoms. The van der Waals surface area contributed by atoms with E-state index in [9.17, 15) is 14.9 Å². The topological polar surface area (TPSA) is 281 Å². The number of benzene rings is 7. The van der Waals surface area contributed by atoms with Crippen molar-refractivity contribution < 1.29 is 81.0 Å². The second kappa shape index (κ2) is 62.5. The number of ether oxygens (including phenoxy) is 11. The summed E-state index contributed by atoms with van der Waals surface area (Å²) in [5, 5.41) is 25.1. The van der Waals surface area contributed by atoms with Gasteiger partial charge in [0.15, 0.2) is 0 Å². The molecule has 0 unspecified atom stereocenters. The highest BCUT2D eigenvalue weighted by Gasteiger charge is 2.34. The van der Waals surface area contributed by atoms with Gasteiger partial charge in [-0.2, -0.15) is 0 Å². The van der Waals surface area contributed by atoms with Crippen LogP contribution in [0.5, 0.6) is 63.2 Å². The van der Waals surface area contributed by atoms with Gasteiger partial charge in [0.1, 0.15) is 57.5 Å². The lowest BCUT2D eigenvalue weighted by molar-refractivity contribution is -0.385. The Morgan fingerprint density at radius 2 is 0.576 bits per heavy atom. The van der Waals surface area contributed by atoms with Crippen LogP contribution in [0.25, 0.3) is 0 Å². The number of nitro benzene ring substituents is 1. The molecule has 0 aliphatic rings. The Balaban J connectivity index is 1.37. The maximum atomic E-state index is 16.7. The van der Waals surface area contributed by atoms with Gasteiger partial charge in [-0.15, -0.1) is 0 Å². The Bertz CT molecular complexity index is 4590. The van der Waals surface area contributed by atoms with Crippen LogP contribution in [0.1, 0.15) is 364 Å².